The van der Waals surface area contributed by atoms with E-state index in [2.05, 4.69) is 20.5 Å². The summed E-state index contributed by atoms with van der Waals surface area (Å²) in [5.74, 6) is 1.20. The van der Waals surface area contributed by atoms with Crippen LogP contribution in [-0.4, -0.2) is 80.7 Å². The van der Waals surface area contributed by atoms with Gasteiger partial charge in [0.05, 0.1) is 6.61 Å². The Kier molecular flexibility index (Phi) is 9.16. The van der Waals surface area contributed by atoms with Crippen LogP contribution < -0.4 is 10.6 Å². The van der Waals surface area contributed by atoms with Gasteiger partial charge in [-0.15, -0.1) is 24.0 Å². The highest BCUT2D eigenvalue weighted by molar-refractivity contribution is 14.0. The van der Waals surface area contributed by atoms with E-state index < -0.39 is 0 Å². The van der Waals surface area contributed by atoms with Crippen LogP contribution in [0.2, 0.25) is 0 Å². The molecule has 0 bridgehead atoms. The molecule has 1 aliphatic carbocycles. The number of hydrogen-bond donors (Lipinski definition) is 2. The van der Waals surface area contributed by atoms with Crippen molar-refractivity contribution in [2.45, 2.75) is 19.8 Å². The van der Waals surface area contributed by atoms with Gasteiger partial charge in [0, 0.05) is 52.2 Å². The van der Waals surface area contributed by atoms with E-state index in [4.69, 9.17) is 4.74 Å². The monoisotopic (exact) mass is 453 g/mol. The minimum atomic E-state index is -0.252. The number of halogens is 1. The Hall–Kier alpha value is -1.26. The number of rotatable bonds is 5. The first-order chi connectivity index (χ1) is 11.2. The molecule has 2 amide bonds. The first-order valence-electron chi connectivity index (χ1n) is 8.30. The van der Waals surface area contributed by atoms with Crippen LogP contribution in [0.5, 0.6) is 0 Å². The number of aliphatic imine (C=N–C) groups is 1. The Bertz CT molecular complexity index is 448. The van der Waals surface area contributed by atoms with Crippen LogP contribution in [0.3, 0.4) is 0 Å². The molecule has 2 N–H and O–H groups in total. The standard InChI is InChI=1S/C15H27N5O3.HI/c1-3-23-15(22)20-10-8-19(9-11-20)14(16-2)18-7-6-17-13(21)12-4-5-12;/h12H,3-11H2,1-2H3,(H,16,18)(H,17,21);1H. The molecule has 1 heterocycles. The third-order valence-corrected chi connectivity index (χ3v) is 3.97. The van der Waals surface area contributed by atoms with Crippen molar-refractivity contribution < 1.29 is 14.3 Å². The first-order valence-corrected chi connectivity index (χ1v) is 8.30. The molecule has 8 nitrogen and oxygen atoms in total. The molecule has 24 heavy (non-hydrogen) atoms. The van der Waals surface area contributed by atoms with E-state index in [1.165, 1.54) is 0 Å². The Morgan fingerprint density at radius 3 is 2.21 bits per heavy atom. The van der Waals surface area contributed by atoms with Crippen LogP contribution in [0.4, 0.5) is 4.79 Å². The van der Waals surface area contributed by atoms with Gasteiger partial charge >= 0.3 is 6.09 Å². The molecular weight excluding hydrogens is 425 g/mol. The number of amides is 2. The Morgan fingerprint density at radius 1 is 1.08 bits per heavy atom. The minimum absolute atomic E-state index is 0. The van der Waals surface area contributed by atoms with Crippen LogP contribution in [0.15, 0.2) is 4.99 Å². The second kappa shape index (κ2) is 10.6. The molecule has 9 heteroatoms. The summed E-state index contributed by atoms with van der Waals surface area (Å²) < 4.78 is 5.01. The number of piperazine rings is 1. The summed E-state index contributed by atoms with van der Waals surface area (Å²) in [6.45, 7) is 6.12. The fourth-order valence-corrected chi connectivity index (χ4v) is 2.50. The topological polar surface area (TPSA) is 86.3 Å². The highest BCUT2D eigenvalue weighted by atomic mass is 127. The zero-order chi connectivity index (χ0) is 16.7. The van der Waals surface area contributed by atoms with Crippen LogP contribution >= 0.6 is 24.0 Å². The highest BCUT2D eigenvalue weighted by Crippen LogP contribution is 2.28. The number of nitrogens with zero attached hydrogens (tertiary/aromatic N) is 3. The quantitative estimate of drug-likeness (QED) is 0.274. The molecule has 0 spiro atoms. The Balaban J connectivity index is 0.00000288. The van der Waals surface area contributed by atoms with Gasteiger partial charge in [0.15, 0.2) is 5.96 Å². The maximum absolute atomic E-state index is 11.7. The molecule has 1 aliphatic heterocycles. The number of ether oxygens (including phenoxy) is 1. The van der Waals surface area contributed by atoms with Crippen LogP contribution in [0.1, 0.15) is 19.8 Å². The lowest BCUT2D eigenvalue weighted by Crippen LogP contribution is -2.54. The number of hydrogen-bond acceptors (Lipinski definition) is 4. The molecule has 2 fully saturated rings. The molecule has 0 radical (unpaired) electrons. The van der Waals surface area contributed by atoms with E-state index >= 15 is 0 Å². The SMILES string of the molecule is CCOC(=O)N1CCN(C(=NC)NCCNC(=O)C2CC2)CC1.I. The number of guanidine groups is 1. The van der Waals surface area contributed by atoms with Crippen LogP contribution in [0.25, 0.3) is 0 Å². The summed E-state index contributed by atoms with van der Waals surface area (Å²) in [6.07, 6.45) is 1.79. The van der Waals surface area contributed by atoms with Gasteiger partial charge in [0.2, 0.25) is 5.91 Å². The van der Waals surface area contributed by atoms with E-state index in [1.807, 2.05) is 6.92 Å². The van der Waals surface area contributed by atoms with E-state index in [0.717, 1.165) is 18.8 Å². The van der Waals surface area contributed by atoms with Gasteiger partial charge in [-0.2, -0.15) is 0 Å². The molecule has 0 aromatic heterocycles. The van der Waals surface area contributed by atoms with Gasteiger partial charge in [-0.25, -0.2) is 4.79 Å². The van der Waals surface area contributed by atoms with Crippen molar-refractivity contribution in [3.63, 3.8) is 0 Å². The second-order valence-corrected chi connectivity index (χ2v) is 5.71. The smallest absolute Gasteiger partial charge is 0.409 e. The maximum atomic E-state index is 11.7. The molecular formula is C15H28IN5O3. The van der Waals surface area contributed by atoms with Crippen molar-refractivity contribution >= 4 is 41.9 Å². The summed E-state index contributed by atoms with van der Waals surface area (Å²) in [6, 6.07) is 0. The summed E-state index contributed by atoms with van der Waals surface area (Å²) in [7, 11) is 1.74. The van der Waals surface area contributed by atoms with E-state index in [-0.39, 0.29) is 41.9 Å². The second-order valence-electron chi connectivity index (χ2n) is 5.71. The molecule has 0 aromatic rings. The van der Waals surface area contributed by atoms with Crippen molar-refractivity contribution in [1.29, 1.82) is 0 Å². The molecule has 2 rings (SSSR count). The molecule has 0 aromatic carbocycles. The number of nitrogens with one attached hydrogen (secondary N) is 2. The van der Waals surface area contributed by atoms with Gasteiger partial charge in [-0.05, 0) is 19.8 Å². The van der Waals surface area contributed by atoms with Crippen LogP contribution in [-0.2, 0) is 9.53 Å². The number of carbonyl (C=O) groups excluding carboxylic acids is 2. The molecule has 0 unspecified atom stereocenters. The largest absolute Gasteiger partial charge is 0.450 e. The van der Waals surface area contributed by atoms with Crippen molar-refractivity contribution in [1.82, 2.24) is 20.4 Å². The van der Waals surface area contributed by atoms with Gasteiger partial charge in [-0.3, -0.25) is 9.79 Å². The molecule has 138 valence electrons. The fraction of sp³-hybridized carbons (Fsp3) is 0.800. The summed E-state index contributed by atoms with van der Waals surface area (Å²) >= 11 is 0. The average Bonchev–Trinajstić information content (AvgIpc) is 3.40. The minimum Gasteiger partial charge on any atom is -0.450 e. The van der Waals surface area contributed by atoms with Gasteiger partial charge in [0.25, 0.3) is 0 Å². The number of carbonyl (C=O) groups is 2. The van der Waals surface area contributed by atoms with Crippen molar-refractivity contribution in [3.8, 4) is 0 Å². The Labute approximate surface area is 160 Å². The van der Waals surface area contributed by atoms with Gasteiger partial charge in [-0.1, -0.05) is 0 Å². The molecule has 1 saturated carbocycles. The maximum Gasteiger partial charge on any atom is 0.409 e. The van der Waals surface area contributed by atoms with E-state index in [1.54, 1.807) is 11.9 Å². The molecule has 1 saturated heterocycles. The lowest BCUT2D eigenvalue weighted by atomic mass is 10.3. The van der Waals surface area contributed by atoms with Crippen molar-refractivity contribution in [2.24, 2.45) is 10.9 Å². The summed E-state index contributed by atoms with van der Waals surface area (Å²) in [5, 5.41) is 6.17. The highest BCUT2D eigenvalue weighted by Gasteiger charge is 2.29. The van der Waals surface area contributed by atoms with Crippen LogP contribution in [0, 0.1) is 5.92 Å². The fourth-order valence-electron chi connectivity index (χ4n) is 2.50. The summed E-state index contributed by atoms with van der Waals surface area (Å²) in [4.78, 5) is 31.3. The van der Waals surface area contributed by atoms with Gasteiger partial charge < -0.3 is 25.2 Å². The van der Waals surface area contributed by atoms with Crippen molar-refractivity contribution in [3.05, 3.63) is 0 Å². The summed E-state index contributed by atoms with van der Waals surface area (Å²) in [5.41, 5.74) is 0. The third-order valence-electron chi connectivity index (χ3n) is 3.97. The average molecular weight is 453 g/mol. The molecule has 0 atom stereocenters. The molecule has 2 aliphatic rings. The normalized spacial score (nSPS) is 17.8. The predicted molar refractivity (Wildman–Crippen MR) is 103 cm³/mol. The van der Waals surface area contributed by atoms with Gasteiger partial charge in [0.1, 0.15) is 0 Å². The zero-order valence-electron chi connectivity index (χ0n) is 14.4. The predicted octanol–water partition coefficient (Wildman–Crippen LogP) is 0.480. The van der Waals surface area contributed by atoms with E-state index in [0.29, 0.717) is 45.9 Å². The lowest BCUT2D eigenvalue weighted by Gasteiger charge is -2.35. The Morgan fingerprint density at radius 2 is 1.67 bits per heavy atom. The first kappa shape index (κ1) is 20.8. The van der Waals surface area contributed by atoms with Crippen molar-refractivity contribution in [2.75, 3.05) is 52.9 Å². The third kappa shape index (κ3) is 6.33. The lowest BCUT2D eigenvalue weighted by molar-refractivity contribution is -0.122. The zero-order valence-corrected chi connectivity index (χ0v) is 16.7. The van der Waals surface area contributed by atoms with E-state index in [9.17, 15) is 9.59 Å².